The summed E-state index contributed by atoms with van der Waals surface area (Å²) in [6.07, 6.45) is 3.13. The Bertz CT molecular complexity index is 299. The zero-order valence-electron chi connectivity index (χ0n) is 8.94. The van der Waals surface area contributed by atoms with Crippen LogP contribution < -0.4 is 10.6 Å². The molecule has 2 saturated heterocycles. The number of thiocarbonyl (C=S) groups is 1. The Kier molecular flexibility index (Phi) is 3.91. The number of carboxylic acid groups (broad SMARTS) is 1. The first kappa shape index (κ1) is 12.0. The zero-order chi connectivity index (χ0) is 11.5. The Balaban J connectivity index is 1.70. The van der Waals surface area contributed by atoms with Gasteiger partial charge in [0.05, 0.1) is 12.1 Å². The van der Waals surface area contributed by atoms with Crippen LogP contribution in [0.3, 0.4) is 0 Å². The van der Waals surface area contributed by atoms with Crippen LogP contribution in [0.25, 0.3) is 0 Å². The molecule has 2 rings (SSSR count). The normalized spacial score (nSPS) is 32.0. The van der Waals surface area contributed by atoms with E-state index in [0.717, 1.165) is 30.1 Å². The molecule has 0 radical (unpaired) electrons. The highest BCUT2D eigenvalue weighted by Gasteiger charge is 2.41. The third-order valence-corrected chi connectivity index (χ3v) is 4.81. The molecular formula is C10H16N2O2S2. The van der Waals surface area contributed by atoms with Gasteiger partial charge in [0.2, 0.25) is 0 Å². The van der Waals surface area contributed by atoms with E-state index in [1.165, 1.54) is 0 Å². The summed E-state index contributed by atoms with van der Waals surface area (Å²) < 4.78 is 0. The molecule has 2 heterocycles. The van der Waals surface area contributed by atoms with Crippen LogP contribution in [-0.2, 0) is 4.79 Å². The van der Waals surface area contributed by atoms with Gasteiger partial charge in [-0.1, -0.05) is 6.42 Å². The van der Waals surface area contributed by atoms with Crippen molar-refractivity contribution in [3.05, 3.63) is 0 Å². The van der Waals surface area contributed by atoms with Crippen LogP contribution >= 0.6 is 24.0 Å². The van der Waals surface area contributed by atoms with Crippen molar-refractivity contribution in [1.82, 2.24) is 10.6 Å². The quantitative estimate of drug-likeness (QED) is 0.389. The van der Waals surface area contributed by atoms with Gasteiger partial charge in [0.1, 0.15) is 0 Å². The van der Waals surface area contributed by atoms with Crippen LogP contribution in [-0.4, -0.2) is 39.3 Å². The van der Waals surface area contributed by atoms with E-state index in [-0.39, 0.29) is 6.42 Å². The smallest absolute Gasteiger partial charge is 0.303 e. The van der Waals surface area contributed by atoms with Crippen molar-refractivity contribution in [3.63, 3.8) is 0 Å². The summed E-state index contributed by atoms with van der Waals surface area (Å²) in [4.78, 5) is 10.4. The highest BCUT2D eigenvalue weighted by molar-refractivity contribution is 8.00. The van der Waals surface area contributed by atoms with Crippen LogP contribution in [0.4, 0.5) is 0 Å². The lowest BCUT2D eigenvalue weighted by Gasteiger charge is -2.16. The highest BCUT2D eigenvalue weighted by atomic mass is 32.2. The number of thioether (sulfide) groups is 1. The summed E-state index contributed by atoms with van der Waals surface area (Å²) in [5.74, 6) is 0.403. The van der Waals surface area contributed by atoms with Crippen molar-refractivity contribution in [2.45, 2.75) is 43.0 Å². The van der Waals surface area contributed by atoms with Crippen molar-refractivity contribution < 1.29 is 9.90 Å². The summed E-state index contributed by atoms with van der Waals surface area (Å²) in [6.45, 7) is 0. The SMILES string of the molecule is O=C(O)CCCC[C@@H]1SC[C@@H]2[15NH]C(=S)N[C@@H]21. The number of carboxylic acids is 1. The van der Waals surface area contributed by atoms with Gasteiger partial charge in [-0.15, -0.1) is 0 Å². The Morgan fingerprint density at radius 2 is 2.31 bits per heavy atom. The number of carbonyl (C=O) groups is 1. The van der Waals surface area contributed by atoms with Crippen molar-refractivity contribution in [2.75, 3.05) is 5.75 Å². The molecule has 16 heavy (non-hydrogen) atoms. The van der Waals surface area contributed by atoms with Gasteiger partial charge in [-0.3, -0.25) is 4.79 Å². The first-order valence-electron chi connectivity index (χ1n) is 5.57. The van der Waals surface area contributed by atoms with Crippen LogP contribution in [0.2, 0.25) is 0 Å². The van der Waals surface area contributed by atoms with E-state index in [9.17, 15) is 4.79 Å². The summed E-state index contributed by atoms with van der Waals surface area (Å²) in [6, 6.07) is 0.921. The Morgan fingerprint density at radius 3 is 3.06 bits per heavy atom. The molecule has 0 aromatic heterocycles. The fourth-order valence-electron chi connectivity index (χ4n) is 2.26. The highest BCUT2D eigenvalue weighted by Crippen LogP contribution is 2.33. The molecule has 4 nitrogen and oxygen atoms in total. The average molecular weight is 261 g/mol. The Morgan fingerprint density at radius 1 is 1.50 bits per heavy atom. The monoisotopic (exact) mass is 261 g/mol. The zero-order valence-corrected chi connectivity index (χ0v) is 10.6. The van der Waals surface area contributed by atoms with Gasteiger partial charge < -0.3 is 15.7 Å². The minimum atomic E-state index is -0.696. The predicted octanol–water partition coefficient (Wildman–Crippen LogP) is 0.962. The van der Waals surface area contributed by atoms with E-state index in [4.69, 9.17) is 17.3 Å². The summed E-state index contributed by atoms with van der Waals surface area (Å²) in [7, 11) is 0. The van der Waals surface area contributed by atoms with E-state index in [1.54, 1.807) is 0 Å². The molecule has 90 valence electrons. The van der Waals surface area contributed by atoms with E-state index in [1.807, 2.05) is 11.8 Å². The van der Waals surface area contributed by atoms with Crippen molar-refractivity contribution in [2.24, 2.45) is 0 Å². The minimum Gasteiger partial charge on any atom is -0.481 e. The van der Waals surface area contributed by atoms with Gasteiger partial charge in [-0.25, -0.2) is 0 Å². The second-order valence-electron chi connectivity index (χ2n) is 4.26. The predicted molar refractivity (Wildman–Crippen MR) is 68.8 cm³/mol. The van der Waals surface area contributed by atoms with Crippen LogP contribution in [0, 0.1) is 0 Å². The molecule has 2 aliphatic rings. The molecule has 0 aliphatic carbocycles. The number of aliphatic carboxylic acids is 1. The van der Waals surface area contributed by atoms with E-state index in [2.05, 4.69) is 10.6 Å². The second-order valence-corrected chi connectivity index (χ2v) is 5.94. The molecule has 0 saturated carbocycles. The fourth-order valence-corrected chi connectivity index (χ4v) is 4.10. The number of hydrogen-bond donors (Lipinski definition) is 3. The number of nitrogens with one attached hydrogen (secondary N) is 2. The number of rotatable bonds is 5. The van der Waals surface area contributed by atoms with E-state index in [0.29, 0.717) is 17.3 Å². The summed E-state index contributed by atoms with van der Waals surface area (Å²) in [5.41, 5.74) is 0. The van der Waals surface area contributed by atoms with Gasteiger partial charge in [-0.2, -0.15) is 11.8 Å². The maximum absolute atomic E-state index is 10.4. The second kappa shape index (κ2) is 5.23. The van der Waals surface area contributed by atoms with Gasteiger partial charge in [0.25, 0.3) is 0 Å². The number of unbranched alkanes of at least 4 members (excludes halogenated alkanes) is 1. The molecular weight excluding hydrogens is 245 g/mol. The first-order chi connectivity index (χ1) is 7.66. The summed E-state index contributed by atoms with van der Waals surface area (Å²) in [5, 5.41) is 16.4. The molecule has 0 aromatic rings. The van der Waals surface area contributed by atoms with Gasteiger partial charge >= 0.3 is 5.97 Å². The lowest BCUT2D eigenvalue weighted by atomic mass is 10.0. The molecule has 2 aliphatic heterocycles. The van der Waals surface area contributed by atoms with Gasteiger partial charge in [0.15, 0.2) is 5.11 Å². The number of fused-ring (bicyclic) bond motifs is 1. The third-order valence-electron chi connectivity index (χ3n) is 3.07. The maximum Gasteiger partial charge on any atom is 0.303 e. The van der Waals surface area contributed by atoms with Crippen LogP contribution in [0.15, 0.2) is 0 Å². The molecule has 0 spiro atoms. The first-order valence-corrected chi connectivity index (χ1v) is 7.03. The molecule has 0 bridgehead atoms. The molecule has 0 aromatic carbocycles. The van der Waals surface area contributed by atoms with Gasteiger partial charge in [-0.05, 0) is 25.1 Å². The van der Waals surface area contributed by atoms with Gasteiger partial charge in [0, 0.05) is 17.4 Å². The van der Waals surface area contributed by atoms with Crippen molar-refractivity contribution in [3.8, 4) is 0 Å². The molecule has 0 amide bonds. The topological polar surface area (TPSA) is 61.4 Å². The lowest BCUT2D eigenvalue weighted by Crippen LogP contribution is -2.36. The van der Waals surface area contributed by atoms with E-state index >= 15 is 0 Å². The van der Waals surface area contributed by atoms with Crippen molar-refractivity contribution >= 4 is 35.1 Å². The standard InChI is InChI=1S/C10H16N2O2S2/c13-8(14)4-2-1-3-7-9-6(5-16-7)11-10(15)12-9/h6-7,9H,1-5H2,(H,13,14)(H2,11,12,15)/t6-,7-,9-/m0/s1/i11+1. The molecule has 0 unspecified atom stereocenters. The van der Waals surface area contributed by atoms with Crippen LogP contribution in [0.5, 0.6) is 0 Å². The largest absolute Gasteiger partial charge is 0.481 e. The summed E-state index contributed by atoms with van der Waals surface area (Å²) >= 11 is 7.05. The van der Waals surface area contributed by atoms with Crippen molar-refractivity contribution in [1.29, 1.82) is 0 Å². The Hall–Kier alpha value is -0.490. The van der Waals surface area contributed by atoms with Crippen LogP contribution in [0.1, 0.15) is 25.7 Å². The number of hydrogen-bond acceptors (Lipinski definition) is 3. The van der Waals surface area contributed by atoms with E-state index < -0.39 is 5.97 Å². The molecule has 3 N–H and O–H groups in total. The Labute approximate surface area is 105 Å². The lowest BCUT2D eigenvalue weighted by molar-refractivity contribution is -0.137. The maximum atomic E-state index is 10.4. The molecule has 3 atom stereocenters. The average Bonchev–Trinajstić information content (AvgIpc) is 2.72. The molecule has 6 heteroatoms. The minimum absolute atomic E-state index is 0.287. The molecule has 2 fully saturated rings. The third kappa shape index (κ3) is 2.79. The fraction of sp³-hybridized carbons (Fsp3) is 0.800.